The molecule has 0 aromatic rings. The van der Waals surface area contributed by atoms with Gasteiger partial charge in [-0.3, -0.25) is 0 Å². The maximum atomic E-state index is 5.67. The molecule has 1 aliphatic rings. The van der Waals surface area contributed by atoms with Crippen LogP contribution in [0.4, 0.5) is 0 Å². The first-order valence-electron chi connectivity index (χ1n) is 3.57. The molecule has 1 fully saturated rings. The van der Waals surface area contributed by atoms with Gasteiger partial charge < -0.3 is 22.9 Å². The highest BCUT2D eigenvalue weighted by molar-refractivity contribution is 4.91. The molecule has 0 aromatic carbocycles. The standard InChI is InChI=1S/C6H16N4/c7-5(8)1-2-6(9,10)4-3-5/h1-4,7-10H2. The summed E-state index contributed by atoms with van der Waals surface area (Å²) in [6.07, 6.45) is 2.89. The SMILES string of the molecule is NC1(N)CCC(N)(N)CC1. The highest BCUT2D eigenvalue weighted by atomic mass is 15.0. The van der Waals surface area contributed by atoms with Crippen molar-refractivity contribution in [2.45, 2.75) is 37.0 Å². The van der Waals surface area contributed by atoms with Crippen molar-refractivity contribution in [2.75, 3.05) is 0 Å². The van der Waals surface area contributed by atoms with E-state index in [4.69, 9.17) is 22.9 Å². The third-order valence-electron chi connectivity index (χ3n) is 2.11. The fraction of sp³-hybridized carbons (Fsp3) is 1.00. The lowest BCUT2D eigenvalue weighted by Crippen LogP contribution is -2.61. The van der Waals surface area contributed by atoms with Gasteiger partial charge in [0.25, 0.3) is 0 Å². The fourth-order valence-corrected chi connectivity index (χ4v) is 1.18. The van der Waals surface area contributed by atoms with Gasteiger partial charge in [0, 0.05) is 0 Å². The fourth-order valence-electron chi connectivity index (χ4n) is 1.18. The first-order valence-corrected chi connectivity index (χ1v) is 3.57. The van der Waals surface area contributed by atoms with Crippen LogP contribution in [0.1, 0.15) is 25.7 Å². The van der Waals surface area contributed by atoms with Crippen LogP contribution in [0.25, 0.3) is 0 Å². The van der Waals surface area contributed by atoms with Crippen molar-refractivity contribution in [3.8, 4) is 0 Å². The predicted octanol–water partition coefficient (Wildman–Crippen LogP) is -1.21. The Labute approximate surface area is 60.9 Å². The molecular weight excluding hydrogens is 128 g/mol. The van der Waals surface area contributed by atoms with Crippen molar-refractivity contribution in [1.29, 1.82) is 0 Å². The summed E-state index contributed by atoms with van der Waals surface area (Å²) < 4.78 is 0. The van der Waals surface area contributed by atoms with Crippen LogP contribution in [0.3, 0.4) is 0 Å². The van der Waals surface area contributed by atoms with Gasteiger partial charge in [0.15, 0.2) is 0 Å². The summed E-state index contributed by atoms with van der Waals surface area (Å²) in [6, 6.07) is 0. The Hall–Kier alpha value is -0.160. The monoisotopic (exact) mass is 144 g/mol. The zero-order chi connectivity index (χ0) is 7.83. The van der Waals surface area contributed by atoms with E-state index in [9.17, 15) is 0 Å². The summed E-state index contributed by atoms with van der Waals surface area (Å²) in [5.74, 6) is 0. The van der Waals surface area contributed by atoms with Crippen molar-refractivity contribution in [3.63, 3.8) is 0 Å². The molecule has 0 aromatic heterocycles. The Balaban J connectivity index is 2.46. The van der Waals surface area contributed by atoms with Crippen LogP contribution in [0, 0.1) is 0 Å². The first kappa shape index (κ1) is 7.94. The minimum Gasteiger partial charge on any atom is -0.313 e. The summed E-state index contributed by atoms with van der Waals surface area (Å²) in [5.41, 5.74) is 21.6. The van der Waals surface area contributed by atoms with Crippen molar-refractivity contribution in [2.24, 2.45) is 22.9 Å². The molecule has 0 unspecified atom stereocenters. The molecule has 4 nitrogen and oxygen atoms in total. The lowest BCUT2D eigenvalue weighted by atomic mass is 9.83. The van der Waals surface area contributed by atoms with Gasteiger partial charge in [-0.25, -0.2) is 0 Å². The second kappa shape index (κ2) is 2.17. The summed E-state index contributed by atoms with van der Waals surface area (Å²) in [6.45, 7) is 0. The first-order chi connectivity index (χ1) is 4.41. The van der Waals surface area contributed by atoms with E-state index in [1.54, 1.807) is 0 Å². The number of nitrogens with two attached hydrogens (primary N) is 4. The van der Waals surface area contributed by atoms with Crippen LogP contribution in [-0.4, -0.2) is 11.3 Å². The largest absolute Gasteiger partial charge is 0.313 e. The molecule has 1 saturated carbocycles. The van der Waals surface area contributed by atoms with Crippen molar-refractivity contribution in [3.05, 3.63) is 0 Å². The molecule has 1 rings (SSSR count). The van der Waals surface area contributed by atoms with Gasteiger partial charge in [-0.15, -0.1) is 0 Å². The molecule has 0 aliphatic heterocycles. The van der Waals surface area contributed by atoms with E-state index >= 15 is 0 Å². The van der Waals surface area contributed by atoms with Crippen molar-refractivity contribution in [1.82, 2.24) is 0 Å². The van der Waals surface area contributed by atoms with Crippen LogP contribution in [0.5, 0.6) is 0 Å². The van der Waals surface area contributed by atoms with E-state index < -0.39 is 11.3 Å². The average Bonchev–Trinajstić information content (AvgIpc) is 1.79. The second-order valence-electron chi connectivity index (χ2n) is 3.47. The molecule has 60 valence electrons. The van der Waals surface area contributed by atoms with Crippen LogP contribution in [0.15, 0.2) is 0 Å². The third kappa shape index (κ3) is 1.91. The normalized spacial score (nSPS) is 30.0. The van der Waals surface area contributed by atoms with E-state index in [0.717, 1.165) is 25.7 Å². The van der Waals surface area contributed by atoms with Gasteiger partial charge in [0.2, 0.25) is 0 Å². The predicted molar refractivity (Wildman–Crippen MR) is 40.7 cm³/mol. The number of hydrogen-bond acceptors (Lipinski definition) is 4. The molecule has 0 radical (unpaired) electrons. The minimum absolute atomic E-state index is 0.526. The summed E-state index contributed by atoms with van der Waals surface area (Å²) in [4.78, 5) is 0. The number of hydrogen-bond donors (Lipinski definition) is 4. The lowest BCUT2D eigenvalue weighted by Gasteiger charge is -2.38. The quantitative estimate of drug-likeness (QED) is 0.320. The van der Waals surface area contributed by atoms with Gasteiger partial charge >= 0.3 is 0 Å². The zero-order valence-corrected chi connectivity index (χ0v) is 6.14. The second-order valence-corrected chi connectivity index (χ2v) is 3.47. The molecule has 0 atom stereocenters. The molecule has 0 spiro atoms. The topological polar surface area (TPSA) is 104 Å². The molecule has 0 amide bonds. The van der Waals surface area contributed by atoms with Gasteiger partial charge in [-0.2, -0.15) is 0 Å². The maximum absolute atomic E-state index is 5.67. The summed E-state index contributed by atoms with van der Waals surface area (Å²) in [5, 5.41) is 0. The molecule has 0 saturated heterocycles. The van der Waals surface area contributed by atoms with Gasteiger partial charge in [-0.05, 0) is 25.7 Å². The smallest absolute Gasteiger partial charge is 0.0639 e. The average molecular weight is 144 g/mol. The summed E-state index contributed by atoms with van der Waals surface area (Å²) in [7, 11) is 0. The van der Waals surface area contributed by atoms with Crippen LogP contribution >= 0.6 is 0 Å². The Morgan fingerprint density at radius 3 is 1.00 bits per heavy atom. The van der Waals surface area contributed by atoms with E-state index in [0.29, 0.717) is 0 Å². The molecule has 8 N–H and O–H groups in total. The molecule has 1 aliphatic carbocycles. The third-order valence-corrected chi connectivity index (χ3v) is 2.11. The minimum atomic E-state index is -0.526. The number of rotatable bonds is 0. The van der Waals surface area contributed by atoms with Crippen LogP contribution < -0.4 is 22.9 Å². The van der Waals surface area contributed by atoms with Crippen LogP contribution in [0.2, 0.25) is 0 Å². The summed E-state index contributed by atoms with van der Waals surface area (Å²) >= 11 is 0. The van der Waals surface area contributed by atoms with E-state index in [1.807, 2.05) is 0 Å². The molecule has 4 heteroatoms. The molecule has 10 heavy (non-hydrogen) atoms. The van der Waals surface area contributed by atoms with Crippen LogP contribution in [-0.2, 0) is 0 Å². The van der Waals surface area contributed by atoms with Crippen molar-refractivity contribution < 1.29 is 0 Å². The van der Waals surface area contributed by atoms with E-state index in [-0.39, 0.29) is 0 Å². The zero-order valence-electron chi connectivity index (χ0n) is 6.14. The Morgan fingerprint density at radius 2 is 0.800 bits per heavy atom. The Morgan fingerprint density at radius 1 is 0.600 bits per heavy atom. The Kier molecular flexibility index (Phi) is 1.72. The molecule has 0 heterocycles. The maximum Gasteiger partial charge on any atom is 0.0639 e. The molecular formula is C6H16N4. The Bertz CT molecular complexity index is 102. The van der Waals surface area contributed by atoms with E-state index in [1.165, 1.54) is 0 Å². The lowest BCUT2D eigenvalue weighted by molar-refractivity contribution is 0.211. The highest BCUT2D eigenvalue weighted by Crippen LogP contribution is 2.24. The molecule has 0 bridgehead atoms. The van der Waals surface area contributed by atoms with Crippen molar-refractivity contribution >= 4 is 0 Å². The van der Waals surface area contributed by atoms with Gasteiger partial charge in [0.1, 0.15) is 0 Å². The van der Waals surface area contributed by atoms with Gasteiger partial charge in [0.05, 0.1) is 11.3 Å². The highest BCUT2D eigenvalue weighted by Gasteiger charge is 2.32. The van der Waals surface area contributed by atoms with Gasteiger partial charge in [-0.1, -0.05) is 0 Å². The van der Waals surface area contributed by atoms with E-state index in [2.05, 4.69) is 0 Å².